The number of carbonyl (C=O) groups excluding carboxylic acids is 1. The fourth-order valence-corrected chi connectivity index (χ4v) is 2.73. The topological polar surface area (TPSA) is 50.1 Å². The summed E-state index contributed by atoms with van der Waals surface area (Å²) in [6, 6.07) is 11.7. The molecule has 94 valence electrons. The summed E-state index contributed by atoms with van der Waals surface area (Å²) in [4.78, 5) is 12.2. The lowest BCUT2D eigenvalue weighted by molar-refractivity contribution is 0.0935. The molecule has 0 aliphatic heterocycles. The number of nitriles is 1. The lowest BCUT2D eigenvalue weighted by atomic mass is 9.81. The van der Waals surface area contributed by atoms with E-state index in [4.69, 9.17) is 10.00 Å². The van der Waals surface area contributed by atoms with Crippen LogP contribution in [-0.4, -0.2) is 12.9 Å². The molecule has 3 nitrogen and oxygen atoms in total. The quantitative estimate of drug-likeness (QED) is 0.782. The number of benzene rings is 2. The summed E-state index contributed by atoms with van der Waals surface area (Å²) in [5.41, 5.74) is 1.77. The third kappa shape index (κ3) is 1.77. The molecule has 1 atom stereocenters. The number of aryl methyl sites for hydroxylation is 1. The second-order valence-corrected chi connectivity index (χ2v) is 4.76. The van der Waals surface area contributed by atoms with E-state index < -0.39 is 5.92 Å². The third-order valence-electron chi connectivity index (χ3n) is 3.76. The lowest BCUT2D eigenvalue weighted by Gasteiger charge is -2.20. The molecule has 0 radical (unpaired) electrons. The van der Waals surface area contributed by atoms with Crippen LogP contribution in [0.15, 0.2) is 30.3 Å². The molecule has 2 aromatic rings. The van der Waals surface area contributed by atoms with Crippen molar-refractivity contribution >= 4 is 16.6 Å². The predicted octanol–water partition coefficient (Wildman–Crippen LogP) is 3.12. The number of carbonyl (C=O) groups is 1. The smallest absolute Gasteiger partial charge is 0.180 e. The van der Waals surface area contributed by atoms with E-state index in [-0.39, 0.29) is 5.78 Å². The van der Waals surface area contributed by atoms with Gasteiger partial charge < -0.3 is 4.74 Å². The van der Waals surface area contributed by atoms with Crippen molar-refractivity contribution in [2.45, 2.75) is 12.8 Å². The van der Waals surface area contributed by atoms with Crippen molar-refractivity contribution in [1.29, 1.82) is 5.26 Å². The molecule has 0 N–H and O–H groups in total. The highest BCUT2D eigenvalue weighted by Gasteiger charge is 2.28. The summed E-state index contributed by atoms with van der Waals surface area (Å²) < 4.78 is 5.21. The molecular weight excluding hydrogens is 238 g/mol. The molecule has 2 aromatic carbocycles. The highest BCUT2D eigenvalue weighted by Crippen LogP contribution is 2.32. The number of Topliss-reactive ketones (excluding diaryl/α,β-unsaturated/α-hetero) is 1. The van der Waals surface area contributed by atoms with Crippen LogP contribution in [-0.2, 0) is 6.42 Å². The second-order valence-electron chi connectivity index (χ2n) is 4.76. The Balaban J connectivity index is 2.21. The summed E-state index contributed by atoms with van der Waals surface area (Å²) in [6.45, 7) is 0. The number of rotatable bonds is 1. The highest BCUT2D eigenvalue weighted by atomic mass is 16.5. The maximum absolute atomic E-state index is 12.2. The maximum atomic E-state index is 12.2. The zero-order chi connectivity index (χ0) is 13.4. The van der Waals surface area contributed by atoms with E-state index >= 15 is 0 Å². The molecule has 0 amide bonds. The first-order valence-corrected chi connectivity index (χ1v) is 6.28. The number of methoxy groups -OCH3 is 1. The summed E-state index contributed by atoms with van der Waals surface area (Å²) in [5.74, 6) is 0.286. The van der Waals surface area contributed by atoms with Gasteiger partial charge in [0, 0.05) is 5.56 Å². The van der Waals surface area contributed by atoms with E-state index in [1.165, 1.54) is 0 Å². The molecule has 0 saturated carbocycles. The molecule has 0 spiro atoms. The number of ketones is 1. The largest absolute Gasteiger partial charge is 0.497 e. The number of fused-ring (bicyclic) bond motifs is 3. The van der Waals surface area contributed by atoms with Crippen LogP contribution >= 0.6 is 0 Å². The van der Waals surface area contributed by atoms with Gasteiger partial charge in [0.1, 0.15) is 11.7 Å². The summed E-state index contributed by atoms with van der Waals surface area (Å²) in [7, 11) is 1.64. The van der Waals surface area contributed by atoms with Crippen molar-refractivity contribution in [3.8, 4) is 11.8 Å². The molecule has 1 unspecified atom stereocenters. The van der Waals surface area contributed by atoms with Gasteiger partial charge in [-0.05, 0) is 41.3 Å². The Hall–Kier alpha value is -2.34. The van der Waals surface area contributed by atoms with Crippen molar-refractivity contribution in [2.24, 2.45) is 5.92 Å². The molecular formula is C16H13NO2. The standard InChI is InChI=1S/C16H13NO2/c1-19-12-4-7-13-10(8-12)2-6-15-14(13)5-3-11(9-17)16(15)18/h2,4,6-8,11H,3,5H2,1H3. The van der Waals surface area contributed by atoms with Crippen LogP contribution in [0.5, 0.6) is 5.75 Å². The molecule has 1 aliphatic rings. The molecule has 0 saturated heterocycles. The average molecular weight is 251 g/mol. The van der Waals surface area contributed by atoms with Gasteiger partial charge in [0.05, 0.1) is 13.2 Å². The predicted molar refractivity (Wildman–Crippen MR) is 72.3 cm³/mol. The van der Waals surface area contributed by atoms with Crippen LogP contribution < -0.4 is 4.74 Å². The van der Waals surface area contributed by atoms with Crippen molar-refractivity contribution in [3.05, 3.63) is 41.5 Å². The number of hydrogen-bond donors (Lipinski definition) is 0. The molecule has 1 aliphatic carbocycles. The SMILES string of the molecule is COc1ccc2c3c(ccc2c1)C(=O)C(C#N)CC3. The van der Waals surface area contributed by atoms with E-state index in [0.717, 1.165) is 28.5 Å². The first-order valence-electron chi connectivity index (χ1n) is 6.28. The van der Waals surface area contributed by atoms with E-state index in [2.05, 4.69) is 6.07 Å². The minimum Gasteiger partial charge on any atom is -0.497 e. The fraction of sp³-hybridized carbons (Fsp3) is 0.250. The van der Waals surface area contributed by atoms with E-state index in [0.29, 0.717) is 12.0 Å². The first-order chi connectivity index (χ1) is 9.24. The molecule has 3 rings (SSSR count). The maximum Gasteiger partial charge on any atom is 0.180 e. The van der Waals surface area contributed by atoms with Crippen molar-refractivity contribution in [2.75, 3.05) is 7.11 Å². The van der Waals surface area contributed by atoms with Gasteiger partial charge in [0.25, 0.3) is 0 Å². The third-order valence-corrected chi connectivity index (χ3v) is 3.76. The molecule has 0 aromatic heterocycles. The minimum absolute atomic E-state index is 0.0403. The van der Waals surface area contributed by atoms with Crippen LogP contribution in [0.1, 0.15) is 22.3 Å². The molecule has 3 heteroatoms. The molecule has 0 bridgehead atoms. The number of hydrogen-bond acceptors (Lipinski definition) is 3. The van der Waals surface area contributed by atoms with Crippen LogP contribution in [0.25, 0.3) is 10.8 Å². The Bertz CT molecular complexity index is 712. The summed E-state index contributed by atoms with van der Waals surface area (Å²) >= 11 is 0. The van der Waals surface area contributed by atoms with Crippen molar-refractivity contribution < 1.29 is 9.53 Å². The average Bonchev–Trinajstić information content (AvgIpc) is 2.46. The van der Waals surface area contributed by atoms with Crippen LogP contribution in [0.2, 0.25) is 0 Å². The van der Waals surface area contributed by atoms with Crippen molar-refractivity contribution in [1.82, 2.24) is 0 Å². The van der Waals surface area contributed by atoms with Gasteiger partial charge in [0.15, 0.2) is 5.78 Å². The van der Waals surface area contributed by atoms with E-state index in [1.807, 2.05) is 30.3 Å². The van der Waals surface area contributed by atoms with Gasteiger partial charge >= 0.3 is 0 Å². The van der Waals surface area contributed by atoms with Gasteiger partial charge in [-0.3, -0.25) is 4.79 Å². The zero-order valence-electron chi connectivity index (χ0n) is 10.6. The Kier molecular flexibility index (Phi) is 2.72. The molecule has 0 fully saturated rings. The normalized spacial score (nSPS) is 17.9. The minimum atomic E-state index is -0.483. The Morgan fingerprint density at radius 2 is 2.16 bits per heavy atom. The van der Waals surface area contributed by atoms with Gasteiger partial charge in [-0.2, -0.15) is 5.26 Å². The molecule has 0 heterocycles. The van der Waals surface area contributed by atoms with Crippen LogP contribution in [0.4, 0.5) is 0 Å². The van der Waals surface area contributed by atoms with E-state index in [1.54, 1.807) is 7.11 Å². The Morgan fingerprint density at radius 3 is 2.89 bits per heavy atom. The Morgan fingerprint density at radius 1 is 1.32 bits per heavy atom. The van der Waals surface area contributed by atoms with Gasteiger partial charge in [-0.15, -0.1) is 0 Å². The summed E-state index contributed by atoms with van der Waals surface area (Å²) in [6.07, 6.45) is 1.40. The van der Waals surface area contributed by atoms with Gasteiger partial charge in [-0.1, -0.05) is 18.2 Å². The highest BCUT2D eigenvalue weighted by molar-refractivity contribution is 6.06. The van der Waals surface area contributed by atoms with E-state index in [9.17, 15) is 4.79 Å². The fourth-order valence-electron chi connectivity index (χ4n) is 2.73. The number of nitrogens with zero attached hydrogens (tertiary/aromatic N) is 1. The Labute approximate surface area is 111 Å². The monoisotopic (exact) mass is 251 g/mol. The zero-order valence-corrected chi connectivity index (χ0v) is 10.6. The van der Waals surface area contributed by atoms with Gasteiger partial charge in [-0.25, -0.2) is 0 Å². The number of ether oxygens (including phenoxy) is 1. The summed E-state index contributed by atoms with van der Waals surface area (Å²) in [5, 5.41) is 11.1. The van der Waals surface area contributed by atoms with Gasteiger partial charge in [0.2, 0.25) is 0 Å². The molecule has 19 heavy (non-hydrogen) atoms. The second kappa shape index (κ2) is 4.40. The van der Waals surface area contributed by atoms with Crippen molar-refractivity contribution in [3.63, 3.8) is 0 Å². The lowest BCUT2D eigenvalue weighted by Crippen LogP contribution is -2.21. The van der Waals surface area contributed by atoms with Crippen LogP contribution in [0.3, 0.4) is 0 Å². The van der Waals surface area contributed by atoms with Crippen LogP contribution in [0, 0.1) is 17.2 Å². The first kappa shape index (κ1) is 11.7.